The molecule has 0 aliphatic heterocycles. The van der Waals surface area contributed by atoms with Crippen molar-refractivity contribution in [2.24, 2.45) is 0 Å². The Kier molecular flexibility index (Phi) is 5.78. The molecule has 0 fully saturated rings. The van der Waals surface area contributed by atoms with Crippen LogP contribution in [0.5, 0.6) is 0 Å². The van der Waals surface area contributed by atoms with Crippen molar-refractivity contribution in [1.82, 2.24) is 0 Å². The monoisotopic (exact) mass is 150 g/mol. The molecule has 0 heterocycles. The van der Waals surface area contributed by atoms with E-state index in [2.05, 4.69) is 6.58 Å². The van der Waals surface area contributed by atoms with Crippen LogP contribution in [0.2, 0.25) is 0 Å². The van der Waals surface area contributed by atoms with Gasteiger partial charge in [0.2, 0.25) is 0 Å². The molecule has 0 spiro atoms. The first-order chi connectivity index (χ1) is 4.31. The number of ether oxygens (including phenoxy) is 2. The van der Waals surface area contributed by atoms with Gasteiger partial charge in [-0.15, -0.1) is 11.6 Å². The van der Waals surface area contributed by atoms with Crippen LogP contribution >= 0.6 is 11.6 Å². The highest BCUT2D eigenvalue weighted by atomic mass is 35.5. The Bertz CT molecular complexity index is 75.5. The van der Waals surface area contributed by atoms with Crippen LogP contribution in [0, 0.1) is 0 Å². The van der Waals surface area contributed by atoms with Crippen LogP contribution in [0.1, 0.15) is 6.92 Å². The highest BCUT2D eigenvalue weighted by Crippen LogP contribution is 1.92. The minimum absolute atomic E-state index is 0.235. The number of hydrogen-bond donors (Lipinski definition) is 0. The predicted molar refractivity (Wildman–Crippen MR) is 37.4 cm³/mol. The third-order valence-electron chi connectivity index (χ3n) is 0.718. The molecule has 0 aromatic rings. The Balaban J connectivity index is 3.04. The minimum Gasteiger partial charge on any atom is -0.473 e. The van der Waals surface area contributed by atoms with Crippen LogP contribution in [0.4, 0.5) is 0 Å². The van der Waals surface area contributed by atoms with Crippen LogP contribution in [-0.4, -0.2) is 18.8 Å². The molecule has 3 heteroatoms. The van der Waals surface area contributed by atoms with E-state index in [1.807, 2.05) is 0 Å². The molecular weight excluding hydrogens is 140 g/mol. The second kappa shape index (κ2) is 5.92. The average Bonchev–Trinajstić information content (AvgIpc) is 1.85. The largest absolute Gasteiger partial charge is 0.473 e. The summed E-state index contributed by atoms with van der Waals surface area (Å²) in [5.74, 6) is 0.491. The van der Waals surface area contributed by atoms with Gasteiger partial charge in [0.15, 0.2) is 6.29 Å². The Labute approximate surface area is 60.4 Å². The minimum atomic E-state index is -0.235. The molecule has 0 aromatic heterocycles. The number of alkyl halides is 1. The molecule has 2 nitrogen and oxygen atoms in total. The molecular formula is C6H11ClO2. The van der Waals surface area contributed by atoms with Crippen LogP contribution < -0.4 is 0 Å². The zero-order valence-corrected chi connectivity index (χ0v) is 6.23. The average molecular weight is 151 g/mol. The second-order valence-corrected chi connectivity index (χ2v) is 1.81. The Hall–Kier alpha value is -0.210. The second-order valence-electron chi connectivity index (χ2n) is 1.43. The third kappa shape index (κ3) is 5.66. The summed E-state index contributed by atoms with van der Waals surface area (Å²) < 4.78 is 9.83. The maximum atomic E-state index is 5.34. The van der Waals surface area contributed by atoms with Crippen molar-refractivity contribution in [2.75, 3.05) is 12.5 Å². The Morgan fingerprint density at radius 3 is 2.89 bits per heavy atom. The van der Waals surface area contributed by atoms with Gasteiger partial charge in [0, 0.05) is 5.88 Å². The van der Waals surface area contributed by atoms with Crippen molar-refractivity contribution in [1.29, 1.82) is 0 Å². The number of hydrogen-bond acceptors (Lipinski definition) is 2. The SMILES string of the molecule is C=COC(C)OCCCl. The van der Waals surface area contributed by atoms with Crippen molar-refractivity contribution >= 4 is 11.6 Å². The summed E-state index contributed by atoms with van der Waals surface area (Å²) >= 11 is 5.34. The lowest BCUT2D eigenvalue weighted by atomic mass is 10.7. The molecule has 0 bridgehead atoms. The summed E-state index contributed by atoms with van der Waals surface area (Å²) in [6, 6.07) is 0. The fraction of sp³-hybridized carbons (Fsp3) is 0.667. The van der Waals surface area contributed by atoms with Crippen molar-refractivity contribution in [3.63, 3.8) is 0 Å². The Morgan fingerprint density at radius 1 is 1.78 bits per heavy atom. The van der Waals surface area contributed by atoms with E-state index >= 15 is 0 Å². The van der Waals surface area contributed by atoms with Crippen molar-refractivity contribution in [2.45, 2.75) is 13.2 Å². The van der Waals surface area contributed by atoms with Gasteiger partial charge in [0.25, 0.3) is 0 Å². The summed E-state index contributed by atoms with van der Waals surface area (Å²) in [6.45, 7) is 5.67. The maximum Gasteiger partial charge on any atom is 0.196 e. The van der Waals surface area contributed by atoms with Gasteiger partial charge in [0.05, 0.1) is 12.9 Å². The van der Waals surface area contributed by atoms with Crippen LogP contribution in [0.25, 0.3) is 0 Å². The number of rotatable bonds is 5. The maximum absolute atomic E-state index is 5.34. The van der Waals surface area contributed by atoms with Crippen LogP contribution in [0.3, 0.4) is 0 Å². The summed E-state index contributed by atoms with van der Waals surface area (Å²) in [5, 5.41) is 0. The van der Waals surface area contributed by atoms with Crippen molar-refractivity contribution < 1.29 is 9.47 Å². The lowest BCUT2D eigenvalue weighted by Gasteiger charge is -2.09. The highest BCUT2D eigenvalue weighted by molar-refractivity contribution is 6.17. The van der Waals surface area contributed by atoms with Gasteiger partial charge in [-0.25, -0.2) is 0 Å². The van der Waals surface area contributed by atoms with Gasteiger partial charge >= 0.3 is 0 Å². The van der Waals surface area contributed by atoms with Gasteiger partial charge in [0.1, 0.15) is 0 Å². The molecule has 1 atom stereocenters. The van der Waals surface area contributed by atoms with Gasteiger partial charge in [-0.1, -0.05) is 6.58 Å². The van der Waals surface area contributed by atoms with E-state index in [1.54, 1.807) is 6.92 Å². The lowest BCUT2D eigenvalue weighted by Crippen LogP contribution is -2.10. The first-order valence-corrected chi connectivity index (χ1v) is 3.28. The lowest BCUT2D eigenvalue weighted by molar-refractivity contribution is -0.0871. The zero-order chi connectivity index (χ0) is 7.11. The van der Waals surface area contributed by atoms with Gasteiger partial charge in [-0.05, 0) is 6.92 Å². The fourth-order valence-electron chi connectivity index (χ4n) is 0.385. The summed E-state index contributed by atoms with van der Waals surface area (Å²) in [6.07, 6.45) is 1.11. The van der Waals surface area contributed by atoms with Crippen molar-refractivity contribution in [3.8, 4) is 0 Å². The summed E-state index contributed by atoms with van der Waals surface area (Å²) in [7, 11) is 0. The molecule has 0 saturated carbocycles. The topological polar surface area (TPSA) is 18.5 Å². The molecule has 0 aromatic carbocycles. The van der Waals surface area contributed by atoms with E-state index in [1.165, 1.54) is 6.26 Å². The van der Waals surface area contributed by atoms with E-state index in [0.717, 1.165) is 0 Å². The van der Waals surface area contributed by atoms with Gasteiger partial charge < -0.3 is 9.47 Å². The fourth-order valence-corrected chi connectivity index (χ4v) is 0.474. The van der Waals surface area contributed by atoms with Gasteiger partial charge in [-0.2, -0.15) is 0 Å². The molecule has 0 amide bonds. The smallest absolute Gasteiger partial charge is 0.196 e. The van der Waals surface area contributed by atoms with E-state index in [-0.39, 0.29) is 6.29 Å². The molecule has 0 aliphatic carbocycles. The summed E-state index contributed by atoms with van der Waals surface area (Å²) in [5.41, 5.74) is 0. The first kappa shape index (κ1) is 8.79. The molecule has 54 valence electrons. The molecule has 0 N–H and O–H groups in total. The predicted octanol–water partition coefficient (Wildman–Crippen LogP) is 1.75. The van der Waals surface area contributed by atoms with Crippen LogP contribution in [-0.2, 0) is 9.47 Å². The molecule has 0 rings (SSSR count). The van der Waals surface area contributed by atoms with E-state index < -0.39 is 0 Å². The van der Waals surface area contributed by atoms with Crippen LogP contribution in [0.15, 0.2) is 12.8 Å². The molecule has 0 saturated heterocycles. The standard InChI is InChI=1S/C6H11ClO2/c1-3-8-6(2)9-5-4-7/h3,6H,1,4-5H2,2H3. The highest BCUT2D eigenvalue weighted by Gasteiger charge is 1.96. The normalized spacial score (nSPS) is 12.7. The Morgan fingerprint density at radius 2 is 2.44 bits per heavy atom. The molecule has 1 unspecified atom stereocenters. The first-order valence-electron chi connectivity index (χ1n) is 2.75. The number of halogens is 1. The zero-order valence-electron chi connectivity index (χ0n) is 5.47. The van der Waals surface area contributed by atoms with Gasteiger partial charge in [-0.3, -0.25) is 0 Å². The summed E-state index contributed by atoms with van der Waals surface area (Å²) in [4.78, 5) is 0. The molecule has 0 radical (unpaired) electrons. The van der Waals surface area contributed by atoms with E-state index in [4.69, 9.17) is 21.1 Å². The van der Waals surface area contributed by atoms with E-state index in [9.17, 15) is 0 Å². The van der Waals surface area contributed by atoms with Crippen molar-refractivity contribution in [3.05, 3.63) is 12.8 Å². The quantitative estimate of drug-likeness (QED) is 0.338. The molecule has 9 heavy (non-hydrogen) atoms. The van der Waals surface area contributed by atoms with E-state index in [0.29, 0.717) is 12.5 Å². The molecule has 0 aliphatic rings. The third-order valence-corrected chi connectivity index (χ3v) is 0.872.